The molecule has 0 heterocycles. The fourth-order valence-corrected chi connectivity index (χ4v) is 1.45. The van der Waals surface area contributed by atoms with Crippen molar-refractivity contribution in [3.05, 3.63) is 28.0 Å². The van der Waals surface area contributed by atoms with Gasteiger partial charge in [-0.05, 0) is 41.9 Å². The predicted octanol–water partition coefficient (Wildman–Crippen LogP) is 3.19. The average molecular weight is 261 g/mol. The zero-order valence-electron chi connectivity index (χ0n) is 7.88. The second-order valence-electron chi connectivity index (χ2n) is 3.06. The van der Waals surface area contributed by atoms with Crippen LogP contribution in [0.5, 0.6) is 5.75 Å². The molecule has 0 aliphatic rings. The van der Waals surface area contributed by atoms with E-state index in [1.54, 1.807) is 0 Å². The maximum Gasteiger partial charge on any atom is 0.156 e. The minimum absolute atomic E-state index is 0.0481. The Balaban J connectivity index is 3.22. The number of carbonyl (C=O) groups excluding carboxylic acids is 1. The van der Waals surface area contributed by atoms with Gasteiger partial charge in [0.05, 0.1) is 16.1 Å². The van der Waals surface area contributed by atoms with Crippen LogP contribution in [-0.2, 0) is 0 Å². The first-order valence-corrected chi connectivity index (χ1v) is 4.95. The molecular formula is C10H10BrFO2. The molecule has 4 heteroatoms. The summed E-state index contributed by atoms with van der Waals surface area (Å²) in [7, 11) is 0. The Morgan fingerprint density at radius 1 is 1.50 bits per heavy atom. The van der Waals surface area contributed by atoms with Crippen LogP contribution in [0.1, 0.15) is 24.2 Å². The molecule has 1 rings (SSSR count). The molecule has 0 spiro atoms. The van der Waals surface area contributed by atoms with Crippen LogP contribution in [-0.4, -0.2) is 12.4 Å². The summed E-state index contributed by atoms with van der Waals surface area (Å²) in [6, 6.07) is 2.74. The highest BCUT2D eigenvalue weighted by molar-refractivity contribution is 9.10. The van der Waals surface area contributed by atoms with E-state index in [9.17, 15) is 9.18 Å². The minimum atomic E-state index is -0.571. The van der Waals surface area contributed by atoms with E-state index in [0.29, 0.717) is 10.8 Å². The summed E-state index contributed by atoms with van der Waals surface area (Å²) >= 11 is 3.20. The Labute approximate surface area is 90.2 Å². The maximum absolute atomic E-state index is 13.1. The van der Waals surface area contributed by atoms with E-state index < -0.39 is 5.82 Å². The minimum Gasteiger partial charge on any atom is -0.489 e. The van der Waals surface area contributed by atoms with E-state index in [2.05, 4.69) is 15.9 Å². The van der Waals surface area contributed by atoms with Crippen molar-refractivity contribution in [3.63, 3.8) is 0 Å². The molecular weight excluding hydrogens is 251 g/mol. The van der Waals surface area contributed by atoms with Gasteiger partial charge < -0.3 is 4.74 Å². The molecule has 0 saturated carbocycles. The Morgan fingerprint density at radius 3 is 2.64 bits per heavy atom. The molecule has 1 aromatic carbocycles. The summed E-state index contributed by atoms with van der Waals surface area (Å²) in [5, 5.41) is 0. The third-order valence-electron chi connectivity index (χ3n) is 1.57. The van der Waals surface area contributed by atoms with E-state index in [4.69, 9.17) is 4.74 Å². The highest BCUT2D eigenvalue weighted by Gasteiger charge is 2.13. The third kappa shape index (κ3) is 2.32. The molecule has 0 aromatic heterocycles. The fourth-order valence-electron chi connectivity index (χ4n) is 1.01. The Kier molecular flexibility index (Phi) is 3.63. The van der Waals surface area contributed by atoms with Crippen LogP contribution in [0.25, 0.3) is 0 Å². The van der Waals surface area contributed by atoms with Gasteiger partial charge in [-0.25, -0.2) is 4.39 Å². The van der Waals surface area contributed by atoms with Crippen LogP contribution in [0.2, 0.25) is 0 Å². The number of carbonyl (C=O) groups is 1. The summed E-state index contributed by atoms with van der Waals surface area (Å²) < 4.78 is 19.1. The lowest BCUT2D eigenvalue weighted by Gasteiger charge is -2.13. The van der Waals surface area contributed by atoms with E-state index >= 15 is 0 Å². The largest absolute Gasteiger partial charge is 0.489 e. The van der Waals surface area contributed by atoms with E-state index in [0.717, 1.165) is 0 Å². The molecule has 0 amide bonds. The third-order valence-corrected chi connectivity index (χ3v) is 2.19. The van der Waals surface area contributed by atoms with Gasteiger partial charge in [-0.2, -0.15) is 0 Å². The van der Waals surface area contributed by atoms with Gasteiger partial charge in [-0.3, -0.25) is 4.79 Å². The first-order chi connectivity index (χ1) is 6.56. The summed E-state index contributed by atoms with van der Waals surface area (Å²) in [4.78, 5) is 10.6. The van der Waals surface area contributed by atoms with Gasteiger partial charge in [-0.1, -0.05) is 0 Å². The molecule has 0 bridgehead atoms. The number of ether oxygens (including phenoxy) is 1. The number of halogens is 2. The van der Waals surface area contributed by atoms with Crippen molar-refractivity contribution in [2.75, 3.05) is 0 Å². The summed E-state index contributed by atoms with van der Waals surface area (Å²) in [5.74, 6) is -0.311. The lowest BCUT2D eigenvalue weighted by molar-refractivity contribution is 0.111. The van der Waals surface area contributed by atoms with E-state index in [1.807, 2.05) is 13.8 Å². The Bertz CT molecular complexity index is 350. The molecule has 76 valence electrons. The maximum atomic E-state index is 13.1. The average Bonchev–Trinajstić information content (AvgIpc) is 2.11. The highest BCUT2D eigenvalue weighted by Crippen LogP contribution is 2.30. The smallest absolute Gasteiger partial charge is 0.156 e. The summed E-state index contributed by atoms with van der Waals surface area (Å²) in [6.07, 6.45) is 0.351. The number of benzene rings is 1. The molecule has 0 fully saturated rings. The summed E-state index contributed by atoms with van der Waals surface area (Å²) in [6.45, 7) is 3.62. The molecule has 0 unspecified atom stereocenters. The molecule has 0 atom stereocenters. The van der Waals surface area contributed by atoms with Crippen LogP contribution in [0.15, 0.2) is 16.6 Å². The zero-order valence-corrected chi connectivity index (χ0v) is 9.47. The monoisotopic (exact) mass is 260 g/mol. The van der Waals surface area contributed by atoms with Crippen LogP contribution in [0.3, 0.4) is 0 Å². The van der Waals surface area contributed by atoms with Crippen molar-refractivity contribution in [2.24, 2.45) is 0 Å². The second-order valence-corrected chi connectivity index (χ2v) is 3.91. The SMILES string of the molecule is CC(C)Oc1c(Br)ccc(F)c1C=O. The van der Waals surface area contributed by atoms with Gasteiger partial charge in [0, 0.05) is 0 Å². The molecule has 14 heavy (non-hydrogen) atoms. The van der Waals surface area contributed by atoms with Crippen molar-refractivity contribution >= 4 is 22.2 Å². The lowest BCUT2D eigenvalue weighted by Crippen LogP contribution is -2.08. The Morgan fingerprint density at radius 2 is 2.14 bits per heavy atom. The number of aldehydes is 1. The van der Waals surface area contributed by atoms with Gasteiger partial charge in [0.1, 0.15) is 11.6 Å². The molecule has 0 aliphatic carbocycles. The first-order valence-electron chi connectivity index (χ1n) is 4.16. The molecule has 2 nitrogen and oxygen atoms in total. The van der Waals surface area contributed by atoms with Crippen molar-refractivity contribution in [1.29, 1.82) is 0 Å². The predicted molar refractivity (Wildman–Crippen MR) is 55.3 cm³/mol. The first kappa shape index (κ1) is 11.2. The lowest BCUT2D eigenvalue weighted by atomic mass is 10.2. The number of hydrogen-bond donors (Lipinski definition) is 0. The van der Waals surface area contributed by atoms with Crippen molar-refractivity contribution in [1.82, 2.24) is 0 Å². The van der Waals surface area contributed by atoms with Gasteiger partial charge in [0.25, 0.3) is 0 Å². The summed E-state index contributed by atoms with van der Waals surface area (Å²) in [5.41, 5.74) is -0.0481. The van der Waals surface area contributed by atoms with Crippen molar-refractivity contribution < 1.29 is 13.9 Å². The number of rotatable bonds is 3. The van der Waals surface area contributed by atoms with Gasteiger partial charge >= 0.3 is 0 Å². The van der Waals surface area contributed by atoms with E-state index in [1.165, 1.54) is 12.1 Å². The van der Waals surface area contributed by atoms with Crippen molar-refractivity contribution in [2.45, 2.75) is 20.0 Å². The number of hydrogen-bond acceptors (Lipinski definition) is 2. The Hall–Kier alpha value is -0.900. The van der Waals surface area contributed by atoms with Gasteiger partial charge in [-0.15, -0.1) is 0 Å². The van der Waals surface area contributed by atoms with E-state index in [-0.39, 0.29) is 17.4 Å². The van der Waals surface area contributed by atoms with Crippen LogP contribution < -0.4 is 4.74 Å². The molecule has 0 saturated heterocycles. The molecule has 0 N–H and O–H groups in total. The second kappa shape index (κ2) is 4.55. The standard InChI is InChI=1S/C10H10BrFO2/c1-6(2)14-10-7(5-13)9(12)4-3-8(10)11/h3-6H,1-2H3. The quantitative estimate of drug-likeness (QED) is 0.781. The normalized spacial score (nSPS) is 10.4. The van der Waals surface area contributed by atoms with Crippen LogP contribution >= 0.6 is 15.9 Å². The van der Waals surface area contributed by atoms with Gasteiger partial charge in [0.15, 0.2) is 6.29 Å². The van der Waals surface area contributed by atoms with Gasteiger partial charge in [0.2, 0.25) is 0 Å². The van der Waals surface area contributed by atoms with Crippen molar-refractivity contribution in [3.8, 4) is 5.75 Å². The fraction of sp³-hybridized carbons (Fsp3) is 0.300. The highest BCUT2D eigenvalue weighted by atomic mass is 79.9. The van der Waals surface area contributed by atoms with Crippen LogP contribution in [0, 0.1) is 5.82 Å². The zero-order chi connectivity index (χ0) is 10.7. The topological polar surface area (TPSA) is 26.3 Å². The molecule has 0 radical (unpaired) electrons. The molecule has 1 aromatic rings. The van der Waals surface area contributed by atoms with Crippen LogP contribution in [0.4, 0.5) is 4.39 Å². The molecule has 0 aliphatic heterocycles.